The Kier molecular flexibility index (Phi) is 5.06. The summed E-state index contributed by atoms with van der Waals surface area (Å²) in [5.74, 6) is 2.56. The van der Waals surface area contributed by atoms with Gasteiger partial charge in [-0.25, -0.2) is 4.68 Å². The molecule has 3 aromatic rings. The van der Waals surface area contributed by atoms with Gasteiger partial charge in [0.05, 0.1) is 24.9 Å². The van der Waals surface area contributed by atoms with E-state index < -0.39 is 0 Å². The van der Waals surface area contributed by atoms with Gasteiger partial charge in [0.1, 0.15) is 5.82 Å². The van der Waals surface area contributed by atoms with E-state index in [1.165, 1.54) is 17.5 Å². The maximum atomic E-state index is 9.68. The highest BCUT2D eigenvalue weighted by molar-refractivity contribution is 5.82. The van der Waals surface area contributed by atoms with Crippen molar-refractivity contribution < 1.29 is 9.84 Å². The maximum Gasteiger partial charge on any atom is 0.320 e. The van der Waals surface area contributed by atoms with Crippen LogP contribution in [0.4, 0.5) is 5.82 Å². The fourth-order valence-electron chi connectivity index (χ4n) is 5.01. The van der Waals surface area contributed by atoms with Crippen molar-refractivity contribution in [1.82, 2.24) is 24.6 Å². The summed E-state index contributed by atoms with van der Waals surface area (Å²) in [6, 6.07) is 6.75. The van der Waals surface area contributed by atoms with Crippen molar-refractivity contribution in [2.24, 2.45) is 5.92 Å². The SMILES string of the molecule is COc1nc(N2CC(O)C2)cc(-n2ncc3cc(C)c([C@@H]4CCN(C)C[C@@H]4C)cc32)n1. The molecule has 2 aromatic heterocycles. The maximum absolute atomic E-state index is 9.68. The first-order chi connectivity index (χ1) is 14.9. The highest BCUT2D eigenvalue weighted by Gasteiger charge is 2.29. The topological polar surface area (TPSA) is 79.5 Å². The minimum absolute atomic E-state index is 0.300. The first kappa shape index (κ1) is 20.2. The molecule has 31 heavy (non-hydrogen) atoms. The lowest BCUT2D eigenvalue weighted by atomic mass is 9.79. The van der Waals surface area contributed by atoms with Gasteiger partial charge in [-0.05, 0) is 62.0 Å². The summed E-state index contributed by atoms with van der Waals surface area (Å²) in [5.41, 5.74) is 3.77. The van der Waals surface area contributed by atoms with Crippen LogP contribution >= 0.6 is 0 Å². The smallest absolute Gasteiger partial charge is 0.320 e. The molecule has 2 atom stereocenters. The molecule has 2 saturated heterocycles. The van der Waals surface area contributed by atoms with Gasteiger partial charge in [0.2, 0.25) is 0 Å². The van der Waals surface area contributed by atoms with Gasteiger partial charge in [0, 0.05) is 31.1 Å². The molecular weight excluding hydrogens is 392 g/mol. The van der Waals surface area contributed by atoms with Crippen molar-refractivity contribution in [3.63, 3.8) is 0 Å². The predicted molar refractivity (Wildman–Crippen MR) is 120 cm³/mol. The molecule has 0 unspecified atom stereocenters. The largest absolute Gasteiger partial charge is 0.467 e. The van der Waals surface area contributed by atoms with E-state index in [1.54, 1.807) is 7.11 Å². The number of hydrogen-bond acceptors (Lipinski definition) is 7. The second-order valence-electron chi connectivity index (χ2n) is 9.09. The lowest BCUT2D eigenvalue weighted by Crippen LogP contribution is -2.51. The zero-order valence-corrected chi connectivity index (χ0v) is 18.6. The predicted octanol–water partition coefficient (Wildman–Crippen LogP) is 2.37. The Bertz CT molecular complexity index is 1110. The molecule has 2 fully saturated rings. The summed E-state index contributed by atoms with van der Waals surface area (Å²) < 4.78 is 7.23. The van der Waals surface area contributed by atoms with E-state index in [2.05, 4.69) is 53.0 Å². The van der Waals surface area contributed by atoms with E-state index in [1.807, 2.05) is 21.8 Å². The van der Waals surface area contributed by atoms with Gasteiger partial charge in [-0.3, -0.25) is 0 Å². The monoisotopic (exact) mass is 422 g/mol. The van der Waals surface area contributed by atoms with Crippen LogP contribution < -0.4 is 9.64 Å². The van der Waals surface area contributed by atoms with E-state index in [0.717, 1.165) is 29.8 Å². The Hall–Kier alpha value is -2.71. The third kappa shape index (κ3) is 3.64. The second kappa shape index (κ2) is 7.76. The number of piperidine rings is 1. The summed E-state index contributed by atoms with van der Waals surface area (Å²) in [6.45, 7) is 7.94. The number of ether oxygens (including phenoxy) is 1. The summed E-state index contributed by atoms with van der Waals surface area (Å²) in [5, 5.41) is 15.4. The number of benzene rings is 1. The molecule has 1 N–H and O–H groups in total. The molecule has 164 valence electrons. The fraction of sp³-hybridized carbons (Fsp3) is 0.522. The number of aliphatic hydroxyl groups is 1. The molecule has 0 spiro atoms. The van der Waals surface area contributed by atoms with Gasteiger partial charge in [-0.1, -0.05) is 6.92 Å². The van der Waals surface area contributed by atoms with Crippen molar-refractivity contribution in [2.45, 2.75) is 32.3 Å². The van der Waals surface area contributed by atoms with Crippen molar-refractivity contribution in [3.8, 4) is 11.8 Å². The molecule has 0 saturated carbocycles. The highest BCUT2D eigenvalue weighted by atomic mass is 16.5. The lowest BCUT2D eigenvalue weighted by molar-refractivity contribution is 0.141. The lowest BCUT2D eigenvalue weighted by Gasteiger charge is -2.36. The van der Waals surface area contributed by atoms with Crippen LogP contribution in [0.3, 0.4) is 0 Å². The van der Waals surface area contributed by atoms with Crippen LogP contribution in [0.1, 0.15) is 30.4 Å². The number of aryl methyl sites for hydroxylation is 1. The Labute approximate surface area is 182 Å². The van der Waals surface area contributed by atoms with Gasteiger partial charge >= 0.3 is 6.01 Å². The minimum atomic E-state index is -0.308. The van der Waals surface area contributed by atoms with Gasteiger partial charge in [-0.15, -0.1) is 0 Å². The standard InChI is InChI=1S/C23H30N6O2/c1-14-7-16-10-24-29(20(16)8-19(14)18-5-6-27(3)11-15(18)2)22-9-21(25-23(26-22)31-4)28-12-17(30)13-28/h7-10,15,17-18,30H,5-6,11-13H2,1-4H3/t15-,18+/m0/s1. The molecule has 8 heteroatoms. The number of β-amino-alcohol motifs (C(OH)–C–C–N with tert-alkyl or cyclic N) is 1. The number of likely N-dealkylation sites (tertiary alicyclic amines) is 1. The fourth-order valence-corrected chi connectivity index (χ4v) is 5.01. The van der Waals surface area contributed by atoms with Crippen LogP contribution in [0, 0.1) is 12.8 Å². The summed E-state index contributed by atoms with van der Waals surface area (Å²) in [6.07, 6.45) is 2.75. The zero-order valence-electron chi connectivity index (χ0n) is 18.6. The van der Waals surface area contributed by atoms with Crippen molar-refractivity contribution in [1.29, 1.82) is 0 Å². The number of aromatic nitrogens is 4. The summed E-state index contributed by atoms with van der Waals surface area (Å²) in [4.78, 5) is 13.5. The summed E-state index contributed by atoms with van der Waals surface area (Å²) in [7, 11) is 3.77. The average Bonchev–Trinajstić information content (AvgIpc) is 3.13. The molecule has 1 aromatic carbocycles. The van der Waals surface area contributed by atoms with Gasteiger partial charge in [0.15, 0.2) is 5.82 Å². The number of nitrogens with zero attached hydrogens (tertiary/aromatic N) is 6. The first-order valence-corrected chi connectivity index (χ1v) is 11.0. The number of fused-ring (bicyclic) bond motifs is 1. The van der Waals surface area contributed by atoms with Crippen LogP contribution in [0.5, 0.6) is 6.01 Å². The van der Waals surface area contributed by atoms with E-state index >= 15 is 0 Å². The number of hydrogen-bond donors (Lipinski definition) is 1. The van der Waals surface area contributed by atoms with Crippen LogP contribution in [0.2, 0.25) is 0 Å². The van der Waals surface area contributed by atoms with Crippen molar-refractivity contribution in [2.75, 3.05) is 45.2 Å². The van der Waals surface area contributed by atoms with Crippen LogP contribution in [-0.2, 0) is 0 Å². The quantitative estimate of drug-likeness (QED) is 0.691. The molecular formula is C23H30N6O2. The second-order valence-corrected chi connectivity index (χ2v) is 9.09. The molecule has 4 heterocycles. The van der Waals surface area contributed by atoms with Crippen LogP contribution in [0.25, 0.3) is 16.7 Å². The molecule has 2 aliphatic rings. The molecule has 2 aliphatic heterocycles. The third-order valence-electron chi connectivity index (χ3n) is 6.73. The first-order valence-electron chi connectivity index (χ1n) is 11.0. The number of methoxy groups -OCH3 is 1. The average molecular weight is 423 g/mol. The number of anilines is 1. The van der Waals surface area contributed by atoms with Crippen molar-refractivity contribution >= 4 is 16.7 Å². The van der Waals surface area contributed by atoms with E-state index in [9.17, 15) is 5.11 Å². The Morgan fingerprint density at radius 3 is 2.58 bits per heavy atom. The highest BCUT2D eigenvalue weighted by Crippen LogP contribution is 2.36. The molecule has 8 nitrogen and oxygen atoms in total. The molecule has 0 amide bonds. The summed E-state index contributed by atoms with van der Waals surface area (Å²) >= 11 is 0. The van der Waals surface area contributed by atoms with E-state index in [4.69, 9.17) is 4.74 Å². The number of aliphatic hydroxyl groups excluding tert-OH is 1. The Balaban J connectivity index is 1.57. The zero-order chi connectivity index (χ0) is 21.7. The third-order valence-corrected chi connectivity index (χ3v) is 6.73. The van der Waals surface area contributed by atoms with Crippen LogP contribution in [0.15, 0.2) is 24.4 Å². The molecule has 0 aliphatic carbocycles. The number of rotatable bonds is 4. The van der Waals surface area contributed by atoms with Crippen molar-refractivity contribution in [3.05, 3.63) is 35.5 Å². The minimum Gasteiger partial charge on any atom is -0.467 e. The van der Waals surface area contributed by atoms with Gasteiger partial charge in [0.25, 0.3) is 0 Å². The Morgan fingerprint density at radius 1 is 1.10 bits per heavy atom. The van der Waals surface area contributed by atoms with Gasteiger partial charge < -0.3 is 19.6 Å². The normalized spacial score (nSPS) is 22.7. The van der Waals surface area contributed by atoms with E-state index in [-0.39, 0.29) is 6.10 Å². The molecule has 0 radical (unpaired) electrons. The molecule has 0 bridgehead atoms. The van der Waals surface area contributed by atoms with Gasteiger partial charge in [-0.2, -0.15) is 15.1 Å². The van der Waals surface area contributed by atoms with Crippen LogP contribution in [-0.4, -0.2) is 76.2 Å². The molecule has 5 rings (SSSR count). The Morgan fingerprint density at radius 2 is 1.87 bits per heavy atom. The van der Waals surface area contributed by atoms with E-state index in [0.29, 0.717) is 36.8 Å².